The second-order valence-corrected chi connectivity index (χ2v) is 8.63. The van der Waals surface area contributed by atoms with Crippen LogP contribution in [-0.2, 0) is 11.3 Å². The summed E-state index contributed by atoms with van der Waals surface area (Å²) < 4.78 is 10.8. The summed E-state index contributed by atoms with van der Waals surface area (Å²) in [5.41, 5.74) is 3.30. The van der Waals surface area contributed by atoms with Gasteiger partial charge in [-0.05, 0) is 48.2 Å². The van der Waals surface area contributed by atoms with E-state index in [0.29, 0.717) is 22.1 Å². The van der Waals surface area contributed by atoms with Crippen LogP contribution in [0.15, 0.2) is 82.0 Å². The Morgan fingerprint density at radius 1 is 0.829 bits per heavy atom. The maximum absolute atomic E-state index is 12.6. The van der Waals surface area contributed by atoms with Crippen LogP contribution in [0.5, 0.6) is 0 Å². The molecule has 6 heteroatoms. The number of esters is 1. The molecule has 0 spiro atoms. The Balaban J connectivity index is 1.51. The van der Waals surface area contributed by atoms with Crippen LogP contribution < -0.4 is 5.63 Å². The van der Waals surface area contributed by atoms with Crippen molar-refractivity contribution in [2.24, 2.45) is 0 Å². The third kappa shape index (κ3) is 5.11. The molecular weight excluding hydrogens is 444 g/mol. The fraction of sp³-hybridized carbons (Fsp3) is 0.172. The third-order valence-electron chi connectivity index (χ3n) is 5.82. The number of carbonyl (C=O) groups excluding carboxylic acids is 3. The van der Waals surface area contributed by atoms with Gasteiger partial charge in [0.05, 0.1) is 5.56 Å². The summed E-state index contributed by atoms with van der Waals surface area (Å²) in [7, 11) is 0. The molecule has 35 heavy (non-hydrogen) atoms. The van der Waals surface area contributed by atoms with Crippen LogP contribution in [0.2, 0.25) is 0 Å². The van der Waals surface area contributed by atoms with Gasteiger partial charge in [-0.15, -0.1) is 0 Å². The predicted molar refractivity (Wildman–Crippen MR) is 132 cm³/mol. The largest absolute Gasteiger partial charge is 0.457 e. The van der Waals surface area contributed by atoms with Crippen molar-refractivity contribution in [3.8, 4) is 0 Å². The van der Waals surface area contributed by atoms with Crippen molar-refractivity contribution >= 4 is 28.5 Å². The van der Waals surface area contributed by atoms with E-state index in [2.05, 4.69) is 13.8 Å². The van der Waals surface area contributed by atoms with Crippen molar-refractivity contribution in [1.82, 2.24) is 0 Å². The second-order valence-electron chi connectivity index (χ2n) is 8.63. The molecule has 0 bridgehead atoms. The first-order valence-corrected chi connectivity index (χ1v) is 11.2. The Hall–Kier alpha value is -4.32. The van der Waals surface area contributed by atoms with Gasteiger partial charge in [-0.25, -0.2) is 9.59 Å². The lowest BCUT2D eigenvalue weighted by molar-refractivity contribution is 0.0473. The molecule has 0 aliphatic heterocycles. The van der Waals surface area contributed by atoms with Gasteiger partial charge in [-0.1, -0.05) is 56.3 Å². The predicted octanol–water partition coefficient (Wildman–Crippen LogP) is 5.65. The first kappa shape index (κ1) is 23.8. The van der Waals surface area contributed by atoms with Crippen molar-refractivity contribution in [1.29, 1.82) is 0 Å². The molecule has 176 valence electrons. The number of Topliss-reactive ketones (excluding diaryl/α,β-unsaturated/α-hetero) is 2. The van der Waals surface area contributed by atoms with Crippen LogP contribution in [0.3, 0.4) is 0 Å². The summed E-state index contributed by atoms with van der Waals surface area (Å²) in [6.07, 6.45) is 0. The quantitative estimate of drug-likeness (QED) is 0.151. The standard InChI is InChI=1S/C29H24O6/c1-17(2)23-15-24-22(14-26(30)35-25(24)13-18(23)3)16-34-29(33)21-11-9-20(10-12-21)28(32)27(31)19-7-5-4-6-8-19/h4-15,17H,16H2,1-3H3. The topological polar surface area (TPSA) is 90.7 Å². The Kier molecular flexibility index (Phi) is 6.73. The molecule has 4 rings (SSSR count). The van der Waals surface area contributed by atoms with Crippen molar-refractivity contribution in [2.45, 2.75) is 33.3 Å². The highest BCUT2D eigenvalue weighted by Crippen LogP contribution is 2.27. The molecule has 1 heterocycles. The number of aryl methyl sites for hydroxylation is 1. The zero-order valence-corrected chi connectivity index (χ0v) is 19.7. The van der Waals surface area contributed by atoms with Gasteiger partial charge in [0.15, 0.2) is 0 Å². The highest BCUT2D eigenvalue weighted by atomic mass is 16.5. The van der Waals surface area contributed by atoms with Crippen LogP contribution in [0.4, 0.5) is 0 Å². The zero-order valence-electron chi connectivity index (χ0n) is 19.7. The lowest BCUT2D eigenvalue weighted by Crippen LogP contribution is -2.14. The van der Waals surface area contributed by atoms with E-state index in [-0.39, 0.29) is 23.7 Å². The van der Waals surface area contributed by atoms with Gasteiger partial charge in [0.25, 0.3) is 0 Å². The van der Waals surface area contributed by atoms with E-state index in [1.54, 1.807) is 30.3 Å². The molecule has 0 fully saturated rings. The SMILES string of the molecule is Cc1cc2oc(=O)cc(COC(=O)c3ccc(C(=O)C(=O)c4ccccc4)cc3)c2cc1C(C)C. The van der Waals surface area contributed by atoms with Crippen molar-refractivity contribution < 1.29 is 23.5 Å². The molecule has 0 N–H and O–H groups in total. The number of ether oxygens (including phenoxy) is 1. The van der Waals surface area contributed by atoms with E-state index in [1.807, 2.05) is 19.1 Å². The molecule has 0 saturated carbocycles. The lowest BCUT2D eigenvalue weighted by Gasteiger charge is -2.13. The number of rotatable bonds is 7. The van der Waals surface area contributed by atoms with Crippen LogP contribution in [0.25, 0.3) is 11.0 Å². The molecule has 4 aromatic rings. The highest BCUT2D eigenvalue weighted by Gasteiger charge is 2.19. The highest BCUT2D eigenvalue weighted by molar-refractivity contribution is 6.49. The average molecular weight is 469 g/mol. The molecule has 0 aliphatic rings. The number of hydrogen-bond acceptors (Lipinski definition) is 6. The van der Waals surface area contributed by atoms with E-state index in [1.165, 1.54) is 30.3 Å². The van der Waals surface area contributed by atoms with Gasteiger partial charge >= 0.3 is 11.6 Å². The molecule has 1 aromatic heterocycles. The summed E-state index contributed by atoms with van der Waals surface area (Å²) in [6, 6.07) is 19.1. The fourth-order valence-corrected chi connectivity index (χ4v) is 3.97. The Labute approximate surface area is 202 Å². The first-order chi connectivity index (χ1) is 16.7. The van der Waals surface area contributed by atoms with E-state index in [9.17, 15) is 19.2 Å². The summed E-state index contributed by atoms with van der Waals surface area (Å²) in [6.45, 7) is 6.00. The van der Waals surface area contributed by atoms with Gasteiger partial charge in [-0.2, -0.15) is 0 Å². The van der Waals surface area contributed by atoms with Crippen LogP contribution >= 0.6 is 0 Å². The summed E-state index contributed by atoms with van der Waals surface area (Å²) in [5.74, 6) is -1.62. The number of fused-ring (bicyclic) bond motifs is 1. The maximum Gasteiger partial charge on any atom is 0.338 e. The smallest absolute Gasteiger partial charge is 0.338 e. The second kappa shape index (κ2) is 9.89. The normalized spacial score (nSPS) is 11.0. The molecule has 0 aliphatic carbocycles. The summed E-state index contributed by atoms with van der Waals surface area (Å²) >= 11 is 0. The summed E-state index contributed by atoms with van der Waals surface area (Å²) in [4.78, 5) is 49.5. The molecule has 0 saturated heterocycles. The van der Waals surface area contributed by atoms with Crippen molar-refractivity contribution in [2.75, 3.05) is 0 Å². The molecule has 0 radical (unpaired) electrons. The Morgan fingerprint density at radius 3 is 2.06 bits per heavy atom. The minimum absolute atomic E-state index is 0.116. The fourth-order valence-electron chi connectivity index (χ4n) is 3.97. The molecule has 0 amide bonds. The number of benzene rings is 3. The van der Waals surface area contributed by atoms with Gasteiger partial charge in [-0.3, -0.25) is 9.59 Å². The van der Waals surface area contributed by atoms with Crippen LogP contribution in [0.1, 0.15) is 67.5 Å². The first-order valence-electron chi connectivity index (χ1n) is 11.2. The molecule has 0 atom stereocenters. The van der Waals surface area contributed by atoms with E-state index in [4.69, 9.17) is 9.15 Å². The molecule has 3 aromatic carbocycles. The van der Waals surface area contributed by atoms with Gasteiger partial charge in [0.2, 0.25) is 11.6 Å². The van der Waals surface area contributed by atoms with E-state index in [0.717, 1.165) is 11.1 Å². The average Bonchev–Trinajstić information content (AvgIpc) is 2.86. The number of hydrogen-bond donors (Lipinski definition) is 0. The van der Waals surface area contributed by atoms with Crippen LogP contribution in [0, 0.1) is 6.92 Å². The van der Waals surface area contributed by atoms with Crippen molar-refractivity contribution in [3.05, 3.63) is 117 Å². The Bertz CT molecular complexity index is 1480. The third-order valence-corrected chi connectivity index (χ3v) is 5.82. The minimum Gasteiger partial charge on any atom is -0.457 e. The maximum atomic E-state index is 12.6. The minimum atomic E-state index is -0.658. The van der Waals surface area contributed by atoms with Gasteiger partial charge in [0, 0.05) is 28.1 Å². The Morgan fingerprint density at radius 2 is 1.43 bits per heavy atom. The number of ketones is 2. The van der Waals surface area contributed by atoms with Gasteiger partial charge in [0.1, 0.15) is 12.2 Å². The van der Waals surface area contributed by atoms with E-state index < -0.39 is 23.2 Å². The molecule has 0 unspecified atom stereocenters. The summed E-state index contributed by atoms with van der Waals surface area (Å²) in [5, 5.41) is 0.715. The molecular formula is C29H24O6. The lowest BCUT2D eigenvalue weighted by atomic mass is 9.95. The van der Waals surface area contributed by atoms with Crippen LogP contribution in [-0.4, -0.2) is 17.5 Å². The van der Waals surface area contributed by atoms with Crippen molar-refractivity contribution in [3.63, 3.8) is 0 Å². The van der Waals surface area contributed by atoms with E-state index >= 15 is 0 Å². The zero-order chi connectivity index (χ0) is 25.1. The van der Waals surface area contributed by atoms with Gasteiger partial charge < -0.3 is 9.15 Å². The number of carbonyl (C=O) groups is 3. The monoisotopic (exact) mass is 468 g/mol. The molecule has 6 nitrogen and oxygen atoms in total.